The van der Waals surface area contributed by atoms with Crippen molar-refractivity contribution in [1.29, 1.82) is 0 Å². The standard InChI is InChI=1S/C14H7F3N2O2/c15-6-4-8(14(20)21)12-10(5-6)18-13(19-12)7-2-1-3-9(16)11(7)17/h1-5H,(H,18,19)(H,20,21). The van der Waals surface area contributed by atoms with Crippen LogP contribution in [0.3, 0.4) is 0 Å². The summed E-state index contributed by atoms with van der Waals surface area (Å²) in [4.78, 5) is 17.6. The van der Waals surface area contributed by atoms with Gasteiger partial charge < -0.3 is 10.1 Å². The number of aromatic nitrogens is 2. The number of fused-ring (bicyclic) bond motifs is 1. The third-order valence-electron chi connectivity index (χ3n) is 2.99. The van der Waals surface area contributed by atoms with Gasteiger partial charge in [0.25, 0.3) is 0 Å². The number of hydrogen-bond acceptors (Lipinski definition) is 2. The number of aromatic amines is 1. The van der Waals surface area contributed by atoms with E-state index >= 15 is 0 Å². The van der Waals surface area contributed by atoms with E-state index in [1.807, 2.05) is 0 Å². The summed E-state index contributed by atoms with van der Waals surface area (Å²) >= 11 is 0. The Morgan fingerprint density at radius 3 is 2.67 bits per heavy atom. The summed E-state index contributed by atoms with van der Waals surface area (Å²) in [7, 11) is 0. The average Bonchev–Trinajstić information content (AvgIpc) is 2.84. The van der Waals surface area contributed by atoms with Crippen molar-refractivity contribution in [2.45, 2.75) is 0 Å². The highest BCUT2D eigenvalue weighted by molar-refractivity contribution is 6.01. The Bertz CT molecular complexity index is 874. The van der Waals surface area contributed by atoms with Crippen LogP contribution in [0.2, 0.25) is 0 Å². The van der Waals surface area contributed by atoms with E-state index in [-0.39, 0.29) is 28.0 Å². The fourth-order valence-electron chi connectivity index (χ4n) is 2.06. The van der Waals surface area contributed by atoms with Gasteiger partial charge >= 0.3 is 5.97 Å². The number of halogens is 3. The van der Waals surface area contributed by atoms with Gasteiger partial charge in [0.2, 0.25) is 0 Å². The van der Waals surface area contributed by atoms with Crippen LogP contribution in [0.1, 0.15) is 10.4 Å². The lowest BCUT2D eigenvalue weighted by Gasteiger charge is -1.99. The van der Waals surface area contributed by atoms with Crippen LogP contribution in [0.4, 0.5) is 13.2 Å². The highest BCUT2D eigenvalue weighted by atomic mass is 19.2. The Morgan fingerprint density at radius 1 is 1.19 bits per heavy atom. The molecule has 3 rings (SSSR count). The summed E-state index contributed by atoms with van der Waals surface area (Å²) in [6.45, 7) is 0. The largest absolute Gasteiger partial charge is 0.478 e. The van der Waals surface area contributed by atoms with Crippen LogP contribution in [0, 0.1) is 17.5 Å². The van der Waals surface area contributed by atoms with Crippen molar-refractivity contribution in [2.24, 2.45) is 0 Å². The van der Waals surface area contributed by atoms with Gasteiger partial charge in [-0.1, -0.05) is 6.07 Å². The van der Waals surface area contributed by atoms with Crippen LogP contribution in [0.25, 0.3) is 22.4 Å². The zero-order valence-electron chi connectivity index (χ0n) is 10.3. The molecule has 0 atom stereocenters. The molecule has 7 heteroatoms. The van der Waals surface area contributed by atoms with E-state index in [4.69, 9.17) is 5.11 Å². The van der Waals surface area contributed by atoms with Gasteiger partial charge in [0.05, 0.1) is 16.6 Å². The number of carboxylic acids is 1. The number of hydrogen-bond donors (Lipinski definition) is 2. The molecule has 0 saturated carbocycles. The average molecular weight is 292 g/mol. The zero-order chi connectivity index (χ0) is 15.1. The zero-order valence-corrected chi connectivity index (χ0v) is 10.3. The molecule has 0 unspecified atom stereocenters. The van der Waals surface area contributed by atoms with E-state index < -0.39 is 23.4 Å². The van der Waals surface area contributed by atoms with Crippen molar-refractivity contribution < 1.29 is 23.1 Å². The van der Waals surface area contributed by atoms with Gasteiger partial charge in [-0.05, 0) is 24.3 Å². The maximum Gasteiger partial charge on any atom is 0.338 e. The first-order chi connectivity index (χ1) is 9.97. The van der Waals surface area contributed by atoms with Crippen LogP contribution < -0.4 is 0 Å². The van der Waals surface area contributed by atoms with E-state index in [0.29, 0.717) is 0 Å². The topological polar surface area (TPSA) is 66.0 Å². The van der Waals surface area contributed by atoms with E-state index in [9.17, 15) is 18.0 Å². The molecular weight excluding hydrogens is 285 g/mol. The number of benzene rings is 2. The van der Waals surface area contributed by atoms with E-state index in [1.165, 1.54) is 12.1 Å². The summed E-state index contributed by atoms with van der Waals surface area (Å²) in [5, 5.41) is 9.03. The second kappa shape index (κ2) is 4.62. The number of nitrogens with zero attached hydrogens (tertiary/aromatic N) is 1. The predicted molar refractivity (Wildman–Crippen MR) is 68.4 cm³/mol. The summed E-state index contributed by atoms with van der Waals surface area (Å²) in [6, 6.07) is 5.38. The Hall–Kier alpha value is -2.83. The van der Waals surface area contributed by atoms with Gasteiger partial charge in [-0.2, -0.15) is 0 Å². The molecule has 21 heavy (non-hydrogen) atoms. The molecular formula is C14H7F3N2O2. The second-order valence-electron chi connectivity index (χ2n) is 4.34. The van der Waals surface area contributed by atoms with Crippen LogP contribution >= 0.6 is 0 Å². The Balaban J connectivity index is 2.29. The van der Waals surface area contributed by atoms with E-state index in [2.05, 4.69) is 9.97 Å². The number of imidazole rings is 1. The number of aromatic carboxylic acids is 1. The molecule has 0 aliphatic carbocycles. The first-order valence-electron chi connectivity index (χ1n) is 5.84. The molecule has 2 aromatic carbocycles. The predicted octanol–water partition coefficient (Wildman–Crippen LogP) is 3.35. The van der Waals surface area contributed by atoms with E-state index in [1.54, 1.807) is 0 Å². The van der Waals surface area contributed by atoms with Gasteiger partial charge in [0, 0.05) is 0 Å². The molecule has 0 saturated heterocycles. The Morgan fingerprint density at radius 2 is 1.95 bits per heavy atom. The number of rotatable bonds is 2. The van der Waals surface area contributed by atoms with Crippen molar-refractivity contribution in [3.8, 4) is 11.4 Å². The maximum absolute atomic E-state index is 13.7. The number of carboxylic acid groups (broad SMARTS) is 1. The van der Waals surface area contributed by atoms with Gasteiger partial charge in [0.15, 0.2) is 11.6 Å². The molecule has 0 aliphatic heterocycles. The Kier molecular flexibility index (Phi) is 2.90. The lowest BCUT2D eigenvalue weighted by atomic mass is 10.2. The molecule has 0 aliphatic rings. The van der Waals surface area contributed by atoms with Crippen LogP contribution in [0.5, 0.6) is 0 Å². The third kappa shape index (κ3) is 2.12. The number of H-pyrrole nitrogens is 1. The fourth-order valence-corrected chi connectivity index (χ4v) is 2.06. The summed E-state index contributed by atoms with van der Waals surface area (Å²) in [5.74, 6) is -4.38. The van der Waals surface area contributed by atoms with Crippen LogP contribution in [-0.2, 0) is 0 Å². The molecule has 2 N–H and O–H groups in total. The molecule has 1 aromatic heterocycles. The molecule has 0 spiro atoms. The molecule has 3 aromatic rings. The SMILES string of the molecule is O=C(O)c1cc(F)cc2[nH]c(-c3cccc(F)c3F)nc12. The summed E-state index contributed by atoms with van der Waals surface area (Å²) in [5.41, 5.74) is -0.458. The smallest absolute Gasteiger partial charge is 0.338 e. The van der Waals surface area contributed by atoms with Crippen molar-refractivity contribution in [1.82, 2.24) is 9.97 Å². The first-order valence-corrected chi connectivity index (χ1v) is 5.84. The lowest BCUT2D eigenvalue weighted by Crippen LogP contribution is -1.98. The normalized spacial score (nSPS) is 11.0. The third-order valence-corrected chi connectivity index (χ3v) is 2.99. The molecule has 0 radical (unpaired) electrons. The highest BCUT2D eigenvalue weighted by Crippen LogP contribution is 2.26. The molecule has 0 bridgehead atoms. The van der Waals surface area contributed by atoms with Crippen molar-refractivity contribution in [2.75, 3.05) is 0 Å². The summed E-state index contributed by atoms with van der Waals surface area (Å²) in [6.07, 6.45) is 0. The number of carbonyl (C=O) groups is 1. The molecule has 4 nitrogen and oxygen atoms in total. The first kappa shape index (κ1) is 13.2. The molecule has 0 amide bonds. The van der Waals surface area contributed by atoms with E-state index in [0.717, 1.165) is 18.2 Å². The quantitative estimate of drug-likeness (QED) is 0.761. The molecule has 1 heterocycles. The van der Waals surface area contributed by atoms with Gasteiger partial charge in [0.1, 0.15) is 17.2 Å². The van der Waals surface area contributed by atoms with Gasteiger partial charge in [-0.15, -0.1) is 0 Å². The highest BCUT2D eigenvalue weighted by Gasteiger charge is 2.18. The summed E-state index contributed by atoms with van der Waals surface area (Å²) < 4.78 is 40.3. The minimum atomic E-state index is -1.36. The van der Waals surface area contributed by atoms with Gasteiger partial charge in [-0.25, -0.2) is 22.9 Å². The molecule has 106 valence electrons. The Labute approximate surface area is 115 Å². The van der Waals surface area contributed by atoms with Gasteiger partial charge in [-0.3, -0.25) is 0 Å². The van der Waals surface area contributed by atoms with Crippen LogP contribution in [-0.4, -0.2) is 21.0 Å². The van der Waals surface area contributed by atoms with Crippen molar-refractivity contribution in [3.63, 3.8) is 0 Å². The minimum absolute atomic E-state index is 0.0254. The van der Waals surface area contributed by atoms with Crippen LogP contribution in [0.15, 0.2) is 30.3 Å². The molecule has 0 fully saturated rings. The fraction of sp³-hybridized carbons (Fsp3) is 0. The minimum Gasteiger partial charge on any atom is -0.478 e. The maximum atomic E-state index is 13.7. The lowest BCUT2D eigenvalue weighted by molar-refractivity contribution is 0.0698. The van der Waals surface area contributed by atoms with Crippen molar-refractivity contribution in [3.05, 3.63) is 53.3 Å². The van der Waals surface area contributed by atoms with Crippen molar-refractivity contribution >= 4 is 17.0 Å². The monoisotopic (exact) mass is 292 g/mol. The number of nitrogens with one attached hydrogen (secondary N) is 1. The second-order valence-corrected chi connectivity index (χ2v) is 4.34.